The molecule has 1 aliphatic rings. The van der Waals surface area contributed by atoms with Gasteiger partial charge in [0.1, 0.15) is 5.75 Å². The van der Waals surface area contributed by atoms with Crippen molar-refractivity contribution in [2.24, 2.45) is 11.1 Å². The molecule has 4 nitrogen and oxygen atoms in total. The van der Waals surface area contributed by atoms with Gasteiger partial charge >= 0.3 is 0 Å². The Balaban J connectivity index is 1.63. The van der Waals surface area contributed by atoms with Crippen LogP contribution in [0, 0.1) is 10.8 Å². The second kappa shape index (κ2) is 6.75. The van der Waals surface area contributed by atoms with Gasteiger partial charge in [-0.05, 0) is 44.5 Å². The number of hydrogen-bond donors (Lipinski definition) is 2. The number of ether oxygens (including phenoxy) is 1. The summed E-state index contributed by atoms with van der Waals surface area (Å²) in [4.78, 5) is 2.44. The number of hydrogen-bond acceptors (Lipinski definition) is 3. The van der Waals surface area contributed by atoms with E-state index in [4.69, 9.17) is 15.9 Å². The van der Waals surface area contributed by atoms with Crippen molar-refractivity contribution in [2.45, 2.75) is 26.2 Å². The summed E-state index contributed by atoms with van der Waals surface area (Å²) in [6.07, 6.45) is 3.01. The number of likely N-dealkylation sites (tertiary alicyclic amines) is 1. The fourth-order valence-corrected chi connectivity index (χ4v) is 2.53. The maximum absolute atomic E-state index is 7.65. The summed E-state index contributed by atoms with van der Waals surface area (Å²) in [5.41, 5.74) is 5.59. The number of nitrogens with one attached hydrogen (secondary N) is 1. The lowest BCUT2D eigenvalue weighted by Gasteiger charge is -2.38. The maximum atomic E-state index is 7.65. The smallest absolute Gasteiger partial charge is 0.119 e. The molecule has 1 heterocycles. The molecule has 0 unspecified atom stereocenters. The highest BCUT2D eigenvalue weighted by molar-refractivity contribution is 5.83. The molecule has 0 spiro atoms. The van der Waals surface area contributed by atoms with Crippen molar-refractivity contribution in [1.82, 2.24) is 4.90 Å². The van der Waals surface area contributed by atoms with Crippen LogP contribution in [0.5, 0.6) is 5.75 Å². The lowest BCUT2D eigenvalue weighted by atomic mass is 9.79. The zero-order chi connectivity index (χ0) is 14.4. The third-order valence-electron chi connectivity index (χ3n) is 4.24. The molecule has 20 heavy (non-hydrogen) atoms. The second-order valence-corrected chi connectivity index (χ2v) is 5.83. The van der Waals surface area contributed by atoms with Crippen LogP contribution in [0.1, 0.15) is 26.2 Å². The van der Waals surface area contributed by atoms with E-state index in [9.17, 15) is 0 Å². The van der Waals surface area contributed by atoms with E-state index < -0.39 is 0 Å². The van der Waals surface area contributed by atoms with Crippen molar-refractivity contribution in [1.29, 1.82) is 5.41 Å². The zero-order valence-electron chi connectivity index (χ0n) is 12.3. The molecule has 1 aromatic rings. The Kier molecular flexibility index (Phi) is 5.01. The first kappa shape index (κ1) is 14.9. The minimum Gasteiger partial charge on any atom is -0.494 e. The Morgan fingerprint density at radius 1 is 1.30 bits per heavy atom. The first-order valence-electron chi connectivity index (χ1n) is 7.35. The zero-order valence-corrected chi connectivity index (χ0v) is 12.3. The van der Waals surface area contributed by atoms with Crippen molar-refractivity contribution < 1.29 is 4.74 Å². The molecule has 0 atom stereocenters. The molecule has 1 saturated heterocycles. The summed E-state index contributed by atoms with van der Waals surface area (Å²) >= 11 is 0. The number of benzene rings is 1. The highest BCUT2D eigenvalue weighted by Gasteiger charge is 2.32. The molecule has 0 bridgehead atoms. The van der Waals surface area contributed by atoms with E-state index >= 15 is 0 Å². The number of piperidine rings is 1. The Morgan fingerprint density at radius 2 is 1.95 bits per heavy atom. The van der Waals surface area contributed by atoms with Crippen LogP contribution in [0.3, 0.4) is 0 Å². The summed E-state index contributed by atoms with van der Waals surface area (Å²) < 4.78 is 5.70. The third-order valence-corrected chi connectivity index (χ3v) is 4.24. The van der Waals surface area contributed by atoms with Crippen molar-refractivity contribution in [3.8, 4) is 5.75 Å². The van der Waals surface area contributed by atoms with Gasteiger partial charge in [-0.2, -0.15) is 0 Å². The Labute approximate surface area is 121 Å². The van der Waals surface area contributed by atoms with Crippen LogP contribution in [0.2, 0.25) is 0 Å². The molecule has 0 radical (unpaired) electrons. The largest absolute Gasteiger partial charge is 0.494 e. The molecule has 0 aliphatic carbocycles. The second-order valence-electron chi connectivity index (χ2n) is 5.83. The number of nitrogens with two attached hydrogens (primary N) is 1. The summed E-state index contributed by atoms with van der Waals surface area (Å²) in [6, 6.07) is 9.94. The molecule has 2 rings (SSSR count). The first-order valence-corrected chi connectivity index (χ1v) is 7.35. The molecule has 1 fully saturated rings. The Hall–Kier alpha value is -1.55. The number of rotatable bonds is 6. The molecule has 3 N–H and O–H groups in total. The van der Waals surface area contributed by atoms with Crippen molar-refractivity contribution in [3.63, 3.8) is 0 Å². The van der Waals surface area contributed by atoms with Gasteiger partial charge in [0.15, 0.2) is 0 Å². The quantitative estimate of drug-likeness (QED) is 0.476. The summed E-state index contributed by atoms with van der Waals surface area (Å²) in [5.74, 6) is 1.28. The van der Waals surface area contributed by atoms with Crippen molar-refractivity contribution in [3.05, 3.63) is 30.3 Å². The maximum Gasteiger partial charge on any atom is 0.119 e. The predicted molar refractivity (Wildman–Crippen MR) is 82.2 cm³/mol. The average Bonchev–Trinajstić information content (AvgIpc) is 2.46. The number of para-hydroxylation sites is 1. The fraction of sp³-hybridized carbons (Fsp3) is 0.562. The number of amidine groups is 1. The van der Waals surface area contributed by atoms with E-state index in [1.807, 2.05) is 30.3 Å². The normalized spacial score (nSPS) is 18.6. The average molecular weight is 275 g/mol. The lowest BCUT2D eigenvalue weighted by Crippen LogP contribution is -2.45. The van der Waals surface area contributed by atoms with Gasteiger partial charge in [0, 0.05) is 12.0 Å². The first-order chi connectivity index (χ1) is 9.60. The highest BCUT2D eigenvalue weighted by atomic mass is 16.5. The summed E-state index contributed by atoms with van der Waals surface area (Å²) in [5, 5.41) is 7.65. The van der Waals surface area contributed by atoms with Gasteiger partial charge in [0.05, 0.1) is 12.4 Å². The molecule has 1 aromatic carbocycles. The van der Waals surface area contributed by atoms with Gasteiger partial charge in [0.25, 0.3) is 0 Å². The molecule has 0 saturated carbocycles. The minimum atomic E-state index is -0.0863. The molecule has 0 aromatic heterocycles. The van der Waals surface area contributed by atoms with Crippen LogP contribution >= 0.6 is 0 Å². The number of nitrogens with zero attached hydrogens (tertiary/aromatic N) is 1. The topological polar surface area (TPSA) is 62.3 Å². The Bertz CT molecular complexity index is 425. The SMILES string of the molecule is CC1(C(=N)N)CCN(CCCOc2ccccc2)CC1. The van der Waals surface area contributed by atoms with Crippen molar-refractivity contribution in [2.75, 3.05) is 26.2 Å². The van der Waals surface area contributed by atoms with E-state index in [0.717, 1.165) is 51.3 Å². The van der Waals surface area contributed by atoms with Crippen LogP contribution in [-0.2, 0) is 0 Å². The Morgan fingerprint density at radius 3 is 2.55 bits per heavy atom. The van der Waals surface area contributed by atoms with Crippen LogP contribution in [0.4, 0.5) is 0 Å². The van der Waals surface area contributed by atoms with E-state index in [-0.39, 0.29) is 5.41 Å². The van der Waals surface area contributed by atoms with Crippen LogP contribution < -0.4 is 10.5 Å². The third kappa shape index (κ3) is 3.97. The van der Waals surface area contributed by atoms with E-state index in [0.29, 0.717) is 5.84 Å². The lowest BCUT2D eigenvalue weighted by molar-refractivity contribution is 0.152. The molecule has 1 aliphatic heterocycles. The monoisotopic (exact) mass is 275 g/mol. The molecule has 0 amide bonds. The standard InChI is InChI=1S/C16H25N3O/c1-16(15(17)18)8-11-19(12-9-16)10-5-13-20-14-6-3-2-4-7-14/h2-4,6-7H,5,8-13H2,1H3,(H3,17,18). The van der Waals surface area contributed by atoms with E-state index in [1.54, 1.807) is 0 Å². The molecular formula is C16H25N3O. The van der Waals surface area contributed by atoms with Gasteiger partial charge in [-0.1, -0.05) is 25.1 Å². The van der Waals surface area contributed by atoms with Crippen molar-refractivity contribution >= 4 is 5.84 Å². The molecule has 110 valence electrons. The fourth-order valence-electron chi connectivity index (χ4n) is 2.53. The summed E-state index contributed by atoms with van der Waals surface area (Å²) in [7, 11) is 0. The van der Waals surface area contributed by atoms with Gasteiger partial charge in [-0.3, -0.25) is 5.41 Å². The molecule has 4 heteroatoms. The van der Waals surface area contributed by atoms with Gasteiger partial charge in [-0.15, -0.1) is 0 Å². The van der Waals surface area contributed by atoms with Crippen LogP contribution in [0.25, 0.3) is 0 Å². The minimum absolute atomic E-state index is 0.0863. The van der Waals surface area contributed by atoms with E-state index in [2.05, 4.69) is 11.8 Å². The van der Waals surface area contributed by atoms with Crippen LogP contribution in [-0.4, -0.2) is 37.0 Å². The van der Waals surface area contributed by atoms with Gasteiger partial charge in [0.2, 0.25) is 0 Å². The summed E-state index contributed by atoms with van der Waals surface area (Å²) in [6.45, 7) is 5.97. The van der Waals surface area contributed by atoms with Gasteiger partial charge < -0.3 is 15.4 Å². The molecular weight excluding hydrogens is 250 g/mol. The predicted octanol–water partition coefficient (Wildman–Crippen LogP) is 2.49. The van der Waals surface area contributed by atoms with Gasteiger partial charge in [-0.25, -0.2) is 0 Å². The van der Waals surface area contributed by atoms with E-state index in [1.165, 1.54) is 0 Å². The highest BCUT2D eigenvalue weighted by Crippen LogP contribution is 2.30. The van der Waals surface area contributed by atoms with Crippen LogP contribution in [0.15, 0.2) is 30.3 Å².